The van der Waals surface area contributed by atoms with Crippen LogP contribution in [-0.4, -0.2) is 49.4 Å². The lowest BCUT2D eigenvalue weighted by Crippen LogP contribution is -2.44. The second kappa shape index (κ2) is 12.7. The molecule has 1 saturated heterocycles. The zero-order chi connectivity index (χ0) is 26.1. The highest BCUT2D eigenvalue weighted by atomic mass is 35.5. The van der Waals surface area contributed by atoms with Crippen LogP contribution >= 0.6 is 11.6 Å². The van der Waals surface area contributed by atoms with Crippen molar-refractivity contribution >= 4 is 46.9 Å². The molecule has 1 aliphatic heterocycles. The quantitative estimate of drug-likeness (QED) is 0.298. The molecule has 2 aromatic rings. The first-order valence-electron chi connectivity index (χ1n) is 11.4. The average molecular weight is 516 g/mol. The second-order valence-electron chi connectivity index (χ2n) is 8.03. The SMILES string of the molecule is CCCCOC(=O)c1ccc(N2C[C@H](C(=O)OCC(=O)NNC(=O)c3ccccc3Cl)CC2=O)cc1. The fourth-order valence-electron chi connectivity index (χ4n) is 3.41. The fraction of sp³-hybridized carbons (Fsp3) is 0.320. The van der Waals surface area contributed by atoms with Gasteiger partial charge in [-0.2, -0.15) is 0 Å². The minimum atomic E-state index is -0.762. The molecule has 3 amide bonds. The van der Waals surface area contributed by atoms with Crippen molar-refractivity contribution < 1.29 is 33.4 Å². The number of nitrogens with one attached hydrogen (secondary N) is 2. The van der Waals surface area contributed by atoms with Crippen LogP contribution in [0.1, 0.15) is 46.9 Å². The largest absolute Gasteiger partial charge is 0.462 e. The van der Waals surface area contributed by atoms with E-state index in [1.807, 2.05) is 6.92 Å². The van der Waals surface area contributed by atoms with Crippen LogP contribution in [0.5, 0.6) is 0 Å². The Kier molecular flexibility index (Phi) is 9.40. The Bertz CT molecular complexity index is 1140. The molecule has 2 aromatic carbocycles. The van der Waals surface area contributed by atoms with Crippen LogP contribution in [0.2, 0.25) is 5.02 Å². The number of anilines is 1. The Morgan fingerprint density at radius 2 is 1.75 bits per heavy atom. The molecule has 1 atom stereocenters. The number of esters is 2. The highest BCUT2D eigenvalue weighted by Crippen LogP contribution is 2.26. The number of unbranched alkanes of at least 4 members (excludes halogenated alkanes) is 1. The summed E-state index contributed by atoms with van der Waals surface area (Å²) in [4.78, 5) is 62.3. The molecule has 0 spiro atoms. The van der Waals surface area contributed by atoms with Gasteiger partial charge >= 0.3 is 11.9 Å². The minimum absolute atomic E-state index is 0.0722. The molecule has 1 aliphatic rings. The number of hydrazine groups is 1. The van der Waals surface area contributed by atoms with Crippen molar-refractivity contribution in [2.45, 2.75) is 26.2 Å². The van der Waals surface area contributed by atoms with E-state index >= 15 is 0 Å². The lowest BCUT2D eigenvalue weighted by atomic mass is 10.1. The third kappa shape index (κ3) is 7.05. The Balaban J connectivity index is 1.45. The number of nitrogens with zero attached hydrogens (tertiary/aromatic N) is 1. The Labute approximate surface area is 212 Å². The lowest BCUT2D eigenvalue weighted by molar-refractivity contribution is -0.152. The van der Waals surface area contributed by atoms with Gasteiger partial charge in [0.15, 0.2) is 6.61 Å². The average Bonchev–Trinajstić information content (AvgIpc) is 3.27. The molecule has 190 valence electrons. The van der Waals surface area contributed by atoms with Gasteiger partial charge in [-0.25, -0.2) is 4.79 Å². The van der Waals surface area contributed by atoms with E-state index in [0.29, 0.717) is 17.9 Å². The summed E-state index contributed by atoms with van der Waals surface area (Å²) in [5, 5.41) is 0.215. The number of halogens is 1. The molecule has 11 heteroatoms. The van der Waals surface area contributed by atoms with Gasteiger partial charge in [-0.05, 0) is 42.8 Å². The molecule has 0 saturated carbocycles. The van der Waals surface area contributed by atoms with Gasteiger partial charge in [-0.15, -0.1) is 0 Å². The summed E-state index contributed by atoms with van der Waals surface area (Å²) in [6.07, 6.45) is 1.62. The summed E-state index contributed by atoms with van der Waals surface area (Å²) >= 11 is 5.93. The molecule has 0 aromatic heterocycles. The first-order valence-corrected chi connectivity index (χ1v) is 11.8. The van der Waals surface area contributed by atoms with Gasteiger partial charge in [0, 0.05) is 18.7 Å². The molecule has 10 nitrogen and oxygen atoms in total. The van der Waals surface area contributed by atoms with Crippen LogP contribution in [0.4, 0.5) is 5.69 Å². The number of rotatable bonds is 9. The number of carbonyl (C=O) groups is 5. The molecule has 0 aliphatic carbocycles. The number of hydrogen-bond acceptors (Lipinski definition) is 7. The summed E-state index contributed by atoms with van der Waals surface area (Å²) in [6, 6.07) is 12.6. The maximum atomic E-state index is 12.4. The number of benzene rings is 2. The highest BCUT2D eigenvalue weighted by Gasteiger charge is 2.36. The molecule has 1 heterocycles. The van der Waals surface area contributed by atoms with E-state index in [9.17, 15) is 24.0 Å². The van der Waals surface area contributed by atoms with Gasteiger partial charge in [0.05, 0.1) is 28.7 Å². The van der Waals surface area contributed by atoms with E-state index in [1.165, 1.54) is 17.0 Å². The van der Waals surface area contributed by atoms with Crippen molar-refractivity contribution in [3.63, 3.8) is 0 Å². The number of ether oxygens (including phenoxy) is 2. The van der Waals surface area contributed by atoms with E-state index in [4.69, 9.17) is 21.1 Å². The van der Waals surface area contributed by atoms with Crippen molar-refractivity contribution in [2.75, 3.05) is 24.7 Å². The van der Waals surface area contributed by atoms with Gasteiger partial charge in [-0.3, -0.25) is 30.0 Å². The maximum Gasteiger partial charge on any atom is 0.338 e. The lowest BCUT2D eigenvalue weighted by Gasteiger charge is -2.17. The first kappa shape index (κ1) is 26.7. The molecule has 1 fully saturated rings. The van der Waals surface area contributed by atoms with Gasteiger partial charge in [0.25, 0.3) is 11.8 Å². The predicted octanol–water partition coefficient (Wildman–Crippen LogP) is 2.65. The van der Waals surface area contributed by atoms with Gasteiger partial charge < -0.3 is 14.4 Å². The molecule has 0 bridgehead atoms. The van der Waals surface area contributed by atoms with Gasteiger partial charge in [0.2, 0.25) is 5.91 Å². The molecule has 0 unspecified atom stereocenters. The molecule has 3 rings (SSSR count). The molecular weight excluding hydrogens is 490 g/mol. The first-order chi connectivity index (χ1) is 17.3. The van der Waals surface area contributed by atoms with E-state index in [1.54, 1.807) is 36.4 Å². The summed E-state index contributed by atoms with van der Waals surface area (Å²) < 4.78 is 10.2. The zero-order valence-corrected chi connectivity index (χ0v) is 20.4. The van der Waals surface area contributed by atoms with E-state index in [-0.39, 0.29) is 29.5 Å². The number of amides is 3. The smallest absolute Gasteiger partial charge is 0.338 e. The van der Waals surface area contributed by atoms with Gasteiger partial charge in [0.1, 0.15) is 0 Å². The molecule has 0 radical (unpaired) electrons. The topological polar surface area (TPSA) is 131 Å². The minimum Gasteiger partial charge on any atom is -0.462 e. The highest BCUT2D eigenvalue weighted by molar-refractivity contribution is 6.33. The molecule has 36 heavy (non-hydrogen) atoms. The number of hydrogen-bond donors (Lipinski definition) is 2. The van der Waals surface area contributed by atoms with Crippen molar-refractivity contribution in [3.8, 4) is 0 Å². The van der Waals surface area contributed by atoms with Crippen molar-refractivity contribution in [1.82, 2.24) is 10.9 Å². The number of carbonyl (C=O) groups excluding carboxylic acids is 5. The van der Waals surface area contributed by atoms with Crippen LogP contribution in [-0.2, 0) is 23.9 Å². The third-order valence-electron chi connectivity index (χ3n) is 5.38. The van der Waals surface area contributed by atoms with Crippen molar-refractivity contribution in [3.05, 3.63) is 64.7 Å². The predicted molar refractivity (Wildman–Crippen MR) is 130 cm³/mol. The Morgan fingerprint density at radius 3 is 2.44 bits per heavy atom. The Hall–Kier alpha value is -3.92. The van der Waals surface area contributed by atoms with E-state index in [2.05, 4.69) is 10.9 Å². The van der Waals surface area contributed by atoms with Crippen molar-refractivity contribution in [2.24, 2.45) is 5.92 Å². The summed E-state index contributed by atoms with van der Waals surface area (Å²) in [6.45, 7) is 1.78. The second-order valence-corrected chi connectivity index (χ2v) is 8.44. The summed E-state index contributed by atoms with van der Waals surface area (Å²) in [7, 11) is 0. The van der Waals surface area contributed by atoms with Crippen LogP contribution < -0.4 is 15.8 Å². The third-order valence-corrected chi connectivity index (χ3v) is 5.71. The zero-order valence-electron chi connectivity index (χ0n) is 19.6. The monoisotopic (exact) mass is 515 g/mol. The summed E-state index contributed by atoms with van der Waals surface area (Å²) in [5.74, 6) is -3.59. The fourth-order valence-corrected chi connectivity index (χ4v) is 3.64. The van der Waals surface area contributed by atoms with E-state index < -0.39 is 36.3 Å². The molecular formula is C25H26ClN3O7. The van der Waals surface area contributed by atoms with Crippen molar-refractivity contribution in [1.29, 1.82) is 0 Å². The van der Waals surface area contributed by atoms with Gasteiger partial charge in [-0.1, -0.05) is 37.1 Å². The van der Waals surface area contributed by atoms with Crippen LogP contribution in [0.15, 0.2) is 48.5 Å². The van der Waals surface area contributed by atoms with Crippen LogP contribution in [0, 0.1) is 5.92 Å². The normalized spacial score (nSPS) is 14.8. The maximum absolute atomic E-state index is 12.4. The van der Waals surface area contributed by atoms with E-state index in [0.717, 1.165) is 12.8 Å². The van der Waals surface area contributed by atoms with Crippen LogP contribution in [0.25, 0.3) is 0 Å². The summed E-state index contributed by atoms with van der Waals surface area (Å²) in [5.41, 5.74) is 5.39. The van der Waals surface area contributed by atoms with Crippen LogP contribution in [0.3, 0.4) is 0 Å². The standard InChI is InChI=1S/C25H26ClN3O7/c1-2-3-12-35-24(33)16-8-10-18(11-9-16)29-14-17(13-22(29)31)25(34)36-15-21(30)27-28-23(32)19-6-4-5-7-20(19)26/h4-11,17H,2-3,12-15H2,1H3,(H,27,30)(H,28,32)/t17-/m1/s1. The Morgan fingerprint density at radius 1 is 1.03 bits per heavy atom. The molecule has 2 N–H and O–H groups in total.